The molecule has 0 saturated heterocycles. The Bertz CT molecular complexity index is 323. The van der Waals surface area contributed by atoms with Gasteiger partial charge in [0.05, 0.1) is 18.6 Å². The zero-order chi connectivity index (χ0) is 13.9. The summed E-state index contributed by atoms with van der Waals surface area (Å²) in [6, 6.07) is 0. The van der Waals surface area contributed by atoms with E-state index >= 15 is 0 Å². The molecule has 0 saturated carbocycles. The van der Waals surface area contributed by atoms with Gasteiger partial charge < -0.3 is 14.6 Å². The van der Waals surface area contributed by atoms with Crippen LogP contribution in [0.5, 0.6) is 0 Å². The number of hydrogen-bond acceptors (Lipinski definition) is 3. The molecule has 0 amide bonds. The molecule has 1 N–H and O–H groups in total. The van der Waals surface area contributed by atoms with E-state index in [0.717, 1.165) is 57.3 Å². The molecule has 0 aromatic carbocycles. The van der Waals surface area contributed by atoms with E-state index in [1.165, 1.54) is 6.42 Å². The smallest absolute Gasteiger partial charge is 0.0950 e. The Hall–Kier alpha value is -0.870. The van der Waals surface area contributed by atoms with E-state index < -0.39 is 0 Å². The summed E-state index contributed by atoms with van der Waals surface area (Å²) in [7, 11) is 0. The normalized spacial score (nSPS) is 11.4. The molecule has 0 atom stereocenters. The lowest BCUT2D eigenvalue weighted by Crippen LogP contribution is -2.17. The van der Waals surface area contributed by atoms with Crippen molar-refractivity contribution in [1.29, 1.82) is 0 Å². The Balaban J connectivity index is 2.09. The van der Waals surface area contributed by atoms with E-state index in [0.29, 0.717) is 0 Å². The summed E-state index contributed by atoms with van der Waals surface area (Å²) in [5.74, 6) is 0.718. The topological polar surface area (TPSA) is 39.1 Å². The molecule has 0 aliphatic rings. The van der Waals surface area contributed by atoms with Crippen molar-refractivity contribution in [3.8, 4) is 0 Å². The predicted molar refractivity (Wildman–Crippen MR) is 79.4 cm³/mol. The first-order valence-corrected chi connectivity index (χ1v) is 7.51. The van der Waals surface area contributed by atoms with Gasteiger partial charge in [0.25, 0.3) is 0 Å². The van der Waals surface area contributed by atoms with Gasteiger partial charge in [-0.2, -0.15) is 0 Å². The first-order chi connectivity index (χ1) is 9.22. The third-order valence-corrected chi connectivity index (χ3v) is 3.00. The second-order valence-electron chi connectivity index (χ2n) is 5.40. The summed E-state index contributed by atoms with van der Waals surface area (Å²) in [5.41, 5.74) is 1.16. The second-order valence-corrected chi connectivity index (χ2v) is 5.40. The lowest BCUT2D eigenvalue weighted by molar-refractivity contribution is 0.116. The van der Waals surface area contributed by atoms with Crippen LogP contribution in [0.3, 0.4) is 0 Å². The summed E-state index contributed by atoms with van der Waals surface area (Å²) < 4.78 is 7.73. The van der Waals surface area contributed by atoms with Gasteiger partial charge in [-0.3, -0.25) is 0 Å². The quantitative estimate of drug-likeness (QED) is 0.626. The zero-order valence-electron chi connectivity index (χ0n) is 12.7. The van der Waals surface area contributed by atoms with Crippen LogP contribution in [-0.4, -0.2) is 35.9 Å². The molecular weight excluding hydrogens is 238 g/mol. The van der Waals surface area contributed by atoms with Crippen LogP contribution in [0, 0.1) is 5.92 Å². The molecule has 0 aliphatic carbocycles. The van der Waals surface area contributed by atoms with Crippen molar-refractivity contribution < 1.29 is 4.74 Å². The molecule has 0 unspecified atom stereocenters. The minimum absolute atomic E-state index is 0.718. The summed E-state index contributed by atoms with van der Waals surface area (Å²) in [5, 5.41) is 3.39. The van der Waals surface area contributed by atoms with Crippen LogP contribution < -0.4 is 5.32 Å². The minimum Gasteiger partial charge on any atom is -0.380 e. The third-order valence-electron chi connectivity index (χ3n) is 3.00. The zero-order valence-corrected chi connectivity index (χ0v) is 12.7. The fourth-order valence-corrected chi connectivity index (χ4v) is 1.77. The Morgan fingerprint density at radius 3 is 2.89 bits per heavy atom. The molecule has 4 nitrogen and oxygen atoms in total. The van der Waals surface area contributed by atoms with Crippen molar-refractivity contribution in [2.45, 2.75) is 46.6 Å². The van der Waals surface area contributed by atoms with Gasteiger partial charge in [0.1, 0.15) is 0 Å². The lowest BCUT2D eigenvalue weighted by atomic mass is 10.1. The van der Waals surface area contributed by atoms with Crippen LogP contribution in [0.15, 0.2) is 12.5 Å². The van der Waals surface area contributed by atoms with Crippen molar-refractivity contribution in [3.63, 3.8) is 0 Å². The Kier molecular flexibility index (Phi) is 8.50. The number of aromatic nitrogens is 2. The molecule has 1 rings (SSSR count). The van der Waals surface area contributed by atoms with Crippen molar-refractivity contribution in [3.05, 3.63) is 18.2 Å². The third kappa shape index (κ3) is 8.01. The highest BCUT2D eigenvalue weighted by atomic mass is 16.5. The van der Waals surface area contributed by atoms with E-state index in [9.17, 15) is 0 Å². The monoisotopic (exact) mass is 267 g/mol. The Morgan fingerprint density at radius 1 is 1.32 bits per heavy atom. The first-order valence-electron chi connectivity index (χ1n) is 7.51. The lowest BCUT2D eigenvalue weighted by Gasteiger charge is -2.06. The molecule has 0 aliphatic heterocycles. The van der Waals surface area contributed by atoms with Gasteiger partial charge in [0.2, 0.25) is 0 Å². The Morgan fingerprint density at radius 2 is 2.16 bits per heavy atom. The number of hydrogen-bond donors (Lipinski definition) is 1. The number of imidazole rings is 1. The maximum Gasteiger partial charge on any atom is 0.0950 e. The molecule has 0 bridgehead atoms. The SMILES string of the molecule is CCCNCCc1cn(CCOCCC(C)C)cn1. The fourth-order valence-electron chi connectivity index (χ4n) is 1.77. The maximum atomic E-state index is 5.61. The number of ether oxygens (including phenoxy) is 1. The summed E-state index contributed by atoms with van der Waals surface area (Å²) in [6.45, 7) is 11.3. The average molecular weight is 267 g/mol. The van der Waals surface area contributed by atoms with Gasteiger partial charge in [-0.1, -0.05) is 20.8 Å². The summed E-state index contributed by atoms with van der Waals surface area (Å²) >= 11 is 0. The van der Waals surface area contributed by atoms with E-state index in [-0.39, 0.29) is 0 Å². The molecule has 0 radical (unpaired) electrons. The highest BCUT2D eigenvalue weighted by Crippen LogP contribution is 2.00. The predicted octanol–water partition coefficient (Wildman–Crippen LogP) is 2.49. The van der Waals surface area contributed by atoms with Crippen LogP contribution in [0.2, 0.25) is 0 Å². The fraction of sp³-hybridized carbons (Fsp3) is 0.800. The molecule has 110 valence electrons. The first kappa shape index (κ1) is 16.2. The van der Waals surface area contributed by atoms with Gasteiger partial charge in [-0.15, -0.1) is 0 Å². The molecule has 19 heavy (non-hydrogen) atoms. The van der Waals surface area contributed by atoms with Crippen molar-refractivity contribution in [1.82, 2.24) is 14.9 Å². The van der Waals surface area contributed by atoms with E-state index in [1.807, 2.05) is 6.33 Å². The number of nitrogens with zero attached hydrogens (tertiary/aromatic N) is 2. The van der Waals surface area contributed by atoms with Crippen LogP contribution in [0.25, 0.3) is 0 Å². The van der Waals surface area contributed by atoms with E-state index in [4.69, 9.17) is 4.74 Å². The maximum absolute atomic E-state index is 5.61. The van der Waals surface area contributed by atoms with E-state index in [1.54, 1.807) is 0 Å². The van der Waals surface area contributed by atoms with Gasteiger partial charge >= 0.3 is 0 Å². The molecule has 1 aromatic heterocycles. The van der Waals surface area contributed by atoms with Crippen LogP contribution >= 0.6 is 0 Å². The average Bonchev–Trinajstić information content (AvgIpc) is 2.82. The van der Waals surface area contributed by atoms with Crippen LogP contribution in [0.1, 0.15) is 39.3 Å². The van der Waals surface area contributed by atoms with Crippen LogP contribution in [0.4, 0.5) is 0 Å². The largest absolute Gasteiger partial charge is 0.380 e. The molecule has 0 fully saturated rings. The summed E-state index contributed by atoms with van der Waals surface area (Å²) in [6.07, 6.45) is 7.35. The van der Waals surface area contributed by atoms with E-state index in [2.05, 4.69) is 41.8 Å². The highest BCUT2D eigenvalue weighted by Gasteiger charge is 1.99. The second kappa shape index (κ2) is 9.98. The standard InChI is InChI=1S/C15H29N3O/c1-4-7-16-8-5-15-12-18(13-17-15)9-11-19-10-6-14(2)3/h12-14,16H,4-11H2,1-3H3. The van der Waals surface area contributed by atoms with Gasteiger partial charge in [0, 0.05) is 32.3 Å². The molecule has 4 heteroatoms. The number of nitrogens with one attached hydrogen (secondary N) is 1. The van der Waals surface area contributed by atoms with Gasteiger partial charge in [-0.25, -0.2) is 4.98 Å². The van der Waals surface area contributed by atoms with Crippen molar-refractivity contribution in [2.24, 2.45) is 5.92 Å². The highest BCUT2D eigenvalue weighted by molar-refractivity contribution is 4.97. The van der Waals surface area contributed by atoms with Crippen molar-refractivity contribution >= 4 is 0 Å². The molecule has 1 heterocycles. The van der Waals surface area contributed by atoms with Gasteiger partial charge in [0.15, 0.2) is 0 Å². The minimum atomic E-state index is 0.718. The Labute approximate surface area is 117 Å². The van der Waals surface area contributed by atoms with Crippen molar-refractivity contribution in [2.75, 3.05) is 26.3 Å². The summed E-state index contributed by atoms with van der Waals surface area (Å²) in [4.78, 5) is 4.41. The number of rotatable bonds is 11. The molecule has 1 aromatic rings. The van der Waals surface area contributed by atoms with Gasteiger partial charge in [-0.05, 0) is 25.3 Å². The van der Waals surface area contributed by atoms with Crippen LogP contribution in [-0.2, 0) is 17.7 Å². The molecular formula is C15H29N3O. The molecule has 0 spiro atoms.